The molecule has 1 aromatic heterocycles. The zero-order chi connectivity index (χ0) is 25.9. The van der Waals surface area contributed by atoms with Gasteiger partial charge in [0, 0.05) is 22.9 Å². The zero-order valence-electron chi connectivity index (χ0n) is 19.3. The van der Waals surface area contributed by atoms with Gasteiger partial charge in [-0.3, -0.25) is 14.2 Å². The minimum Gasteiger partial charge on any atom is -0.345 e. The van der Waals surface area contributed by atoms with Crippen molar-refractivity contribution in [2.75, 3.05) is 17.2 Å². The predicted molar refractivity (Wildman–Crippen MR) is 142 cm³/mol. The molecule has 37 heavy (non-hydrogen) atoms. The van der Waals surface area contributed by atoms with Crippen LogP contribution in [-0.4, -0.2) is 38.9 Å². The van der Waals surface area contributed by atoms with E-state index in [1.54, 1.807) is 27.7 Å². The van der Waals surface area contributed by atoms with E-state index in [0.717, 1.165) is 17.7 Å². The van der Waals surface area contributed by atoms with Crippen LogP contribution >= 0.6 is 35.0 Å². The number of carbonyl (C=O) groups is 2. The number of halogens is 3. The number of amides is 2. The number of anilines is 1. The Balaban J connectivity index is 1.35. The molecule has 4 aromatic rings. The largest absolute Gasteiger partial charge is 0.345 e. The Morgan fingerprint density at radius 2 is 1.81 bits per heavy atom. The summed E-state index contributed by atoms with van der Waals surface area (Å²) in [6, 6.07) is 18.3. The fourth-order valence-corrected chi connectivity index (χ4v) is 5.43. The first-order valence-electron chi connectivity index (χ1n) is 11.4. The van der Waals surface area contributed by atoms with E-state index in [1.165, 1.54) is 36.0 Å². The lowest BCUT2D eigenvalue weighted by molar-refractivity contribution is -0.116. The molecule has 1 aliphatic rings. The van der Waals surface area contributed by atoms with Crippen molar-refractivity contribution in [2.24, 2.45) is 0 Å². The van der Waals surface area contributed by atoms with Gasteiger partial charge in [0.15, 0.2) is 11.0 Å². The van der Waals surface area contributed by atoms with E-state index in [4.69, 9.17) is 23.2 Å². The standard InChI is InChI=1S/C26H20Cl2FN5O2S/c27-17-5-10-20(21(28)13-17)25(36)30-14-23-31-32-26(34(23)19-8-6-18(29)7-9-19)37-15-24(35)33-12-11-16-3-1-2-4-22(16)33/h1-10,13H,11-12,14-15H2,(H,30,36). The molecule has 0 radical (unpaired) electrons. The minimum atomic E-state index is -0.410. The summed E-state index contributed by atoms with van der Waals surface area (Å²) in [4.78, 5) is 27.5. The highest BCUT2D eigenvalue weighted by atomic mass is 35.5. The number of carbonyl (C=O) groups excluding carboxylic acids is 2. The molecule has 0 bridgehead atoms. The SMILES string of the molecule is O=C(NCc1nnc(SCC(=O)N2CCc3ccccc32)n1-c1ccc(F)cc1)c1ccc(Cl)cc1Cl. The van der Waals surface area contributed by atoms with Crippen LogP contribution in [0.1, 0.15) is 21.7 Å². The van der Waals surface area contributed by atoms with Crippen molar-refractivity contribution in [1.82, 2.24) is 20.1 Å². The molecule has 1 aliphatic heterocycles. The molecule has 7 nitrogen and oxygen atoms in total. The molecular formula is C26H20Cl2FN5O2S. The quantitative estimate of drug-likeness (QED) is 0.312. The van der Waals surface area contributed by atoms with Crippen LogP contribution in [0.2, 0.25) is 10.0 Å². The molecule has 5 rings (SSSR count). The average Bonchev–Trinajstić information content (AvgIpc) is 3.51. The number of nitrogens with zero attached hydrogens (tertiary/aromatic N) is 4. The number of hydrogen-bond acceptors (Lipinski definition) is 5. The van der Waals surface area contributed by atoms with Crippen molar-refractivity contribution in [2.45, 2.75) is 18.1 Å². The molecule has 1 N–H and O–H groups in total. The Labute approximate surface area is 226 Å². The molecule has 188 valence electrons. The normalized spacial score (nSPS) is 12.5. The molecule has 11 heteroatoms. The summed E-state index contributed by atoms with van der Waals surface area (Å²) in [7, 11) is 0. The van der Waals surface area contributed by atoms with E-state index in [1.807, 2.05) is 24.3 Å². The van der Waals surface area contributed by atoms with E-state index >= 15 is 0 Å². The number of aromatic nitrogens is 3. The lowest BCUT2D eigenvalue weighted by atomic mass is 10.2. The van der Waals surface area contributed by atoms with Crippen LogP contribution < -0.4 is 10.2 Å². The van der Waals surface area contributed by atoms with Crippen molar-refractivity contribution in [3.8, 4) is 5.69 Å². The fraction of sp³-hybridized carbons (Fsp3) is 0.154. The molecule has 2 amide bonds. The van der Waals surface area contributed by atoms with Crippen molar-refractivity contribution in [3.63, 3.8) is 0 Å². The van der Waals surface area contributed by atoms with Crippen LogP contribution in [0, 0.1) is 5.82 Å². The van der Waals surface area contributed by atoms with Crippen LogP contribution in [0.5, 0.6) is 0 Å². The lowest BCUT2D eigenvalue weighted by Gasteiger charge is -2.17. The molecule has 0 saturated heterocycles. The second kappa shape index (κ2) is 10.9. The van der Waals surface area contributed by atoms with Gasteiger partial charge in [0.05, 0.1) is 22.9 Å². The molecule has 0 aliphatic carbocycles. The molecule has 0 saturated carbocycles. The first-order valence-corrected chi connectivity index (χ1v) is 13.1. The van der Waals surface area contributed by atoms with Crippen LogP contribution in [0.15, 0.2) is 71.9 Å². The number of nitrogens with one attached hydrogen (secondary N) is 1. The van der Waals surface area contributed by atoms with Gasteiger partial charge in [-0.2, -0.15) is 0 Å². The molecule has 0 spiro atoms. The highest BCUT2D eigenvalue weighted by Gasteiger charge is 2.25. The average molecular weight is 556 g/mol. The number of fused-ring (bicyclic) bond motifs is 1. The van der Waals surface area contributed by atoms with Gasteiger partial charge in [0.2, 0.25) is 5.91 Å². The Bertz CT molecular complexity index is 1480. The molecule has 2 heterocycles. The van der Waals surface area contributed by atoms with Crippen molar-refractivity contribution < 1.29 is 14.0 Å². The van der Waals surface area contributed by atoms with Gasteiger partial charge in [0.1, 0.15) is 5.82 Å². The fourth-order valence-electron chi connectivity index (χ4n) is 4.09. The smallest absolute Gasteiger partial charge is 0.253 e. The van der Waals surface area contributed by atoms with Gasteiger partial charge in [-0.15, -0.1) is 10.2 Å². The van der Waals surface area contributed by atoms with Crippen molar-refractivity contribution in [1.29, 1.82) is 0 Å². The molecule has 0 fully saturated rings. The molecule has 0 unspecified atom stereocenters. The van der Waals surface area contributed by atoms with Gasteiger partial charge >= 0.3 is 0 Å². The monoisotopic (exact) mass is 555 g/mol. The van der Waals surface area contributed by atoms with Crippen LogP contribution in [0.25, 0.3) is 5.69 Å². The first-order chi connectivity index (χ1) is 17.9. The van der Waals surface area contributed by atoms with Gasteiger partial charge < -0.3 is 10.2 Å². The van der Waals surface area contributed by atoms with Crippen molar-refractivity contribution >= 4 is 52.5 Å². The second-order valence-corrected chi connectivity index (χ2v) is 10.0. The summed E-state index contributed by atoms with van der Waals surface area (Å²) >= 11 is 13.3. The molecular weight excluding hydrogens is 536 g/mol. The van der Waals surface area contributed by atoms with E-state index in [0.29, 0.717) is 28.2 Å². The Morgan fingerprint density at radius 3 is 2.59 bits per heavy atom. The van der Waals surface area contributed by atoms with Gasteiger partial charge in [-0.05, 0) is 60.5 Å². The number of benzene rings is 3. The maximum absolute atomic E-state index is 13.6. The topological polar surface area (TPSA) is 80.1 Å². The van der Waals surface area contributed by atoms with E-state index in [-0.39, 0.29) is 34.6 Å². The summed E-state index contributed by atoms with van der Waals surface area (Å²) in [6.45, 7) is 0.657. The number of para-hydroxylation sites is 1. The highest BCUT2D eigenvalue weighted by Crippen LogP contribution is 2.29. The van der Waals surface area contributed by atoms with Crippen LogP contribution in [0.3, 0.4) is 0 Å². The zero-order valence-corrected chi connectivity index (χ0v) is 21.7. The van der Waals surface area contributed by atoms with E-state index in [9.17, 15) is 14.0 Å². The van der Waals surface area contributed by atoms with Gasteiger partial charge in [0.25, 0.3) is 5.91 Å². The second-order valence-electron chi connectivity index (χ2n) is 8.23. The number of rotatable bonds is 7. The van der Waals surface area contributed by atoms with E-state index < -0.39 is 5.91 Å². The lowest BCUT2D eigenvalue weighted by Crippen LogP contribution is -2.30. The first kappa shape index (κ1) is 25.3. The van der Waals surface area contributed by atoms with Gasteiger partial charge in [-0.1, -0.05) is 53.2 Å². The van der Waals surface area contributed by atoms with Gasteiger partial charge in [-0.25, -0.2) is 4.39 Å². The summed E-state index contributed by atoms with van der Waals surface area (Å²) < 4.78 is 15.3. The van der Waals surface area contributed by atoms with E-state index in [2.05, 4.69) is 15.5 Å². The summed E-state index contributed by atoms with van der Waals surface area (Å²) in [5, 5.41) is 12.4. The Kier molecular flexibility index (Phi) is 7.45. The number of thioether (sulfide) groups is 1. The summed E-state index contributed by atoms with van der Waals surface area (Å²) in [5.41, 5.74) is 2.94. The predicted octanol–water partition coefficient (Wildman–Crippen LogP) is 5.32. The molecule has 0 atom stereocenters. The maximum atomic E-state index is 13.6. The Morgan fingerprint density at radius 1 is 1.03 bits per heavy atom. The minimum absolute atomic E-state index is 0.0240. The number of hydrogen-bond donors (Lipinski definition) is 1. The molecule has 3 aromatic carbocycles. The third kappa shape index (κ3) is 5.49. The Hall–Kier alpha value is -3.40. The maximum Gasteiger partial charge on any atom is 0.253 e. The highest BCUT2D eigenvalue weighted by molar-refractivity contribution is 7.99. The van der Waals surface area contributed by atoms with Crippen molar-refractivity contribution in [3.05, 3.63) is 99.5 Å². The third-order valence-corrected chi connectivity index (χ3v) is 7.34. The summed E-state index contributed by atoms with van der Waals surface area (Å²) in [6.07, 6.45) is 0.819. The third-order valence-electron chi connectivity index (χ3n) is 5.88. The summed E-state index contributed by atoms with van der Waals surface area (Å²) in [5.74, 6) is -0.295. The van der Waals surface area contributed by atoms with Crippen LogP contribution in [0.4, 0.5) is 10.1 Å². The van der Waals surface area contributed by atoms with Crippen LogP contribution in [-0.2, 0) is 17.8 Å².